The number of ether oxygens (including phenoxy) is 1. The third kappa shape index (κ3) is 6.16. The maximum atomic E-state index is 11.5. The van der Waals surface area contributed by atoms with Gasteiger partial charge in [-0.05, 0) is 19.1 Å². The number of aliphatic carboxylic acids is 1. The highest BCUT2D eigenvalue weighted by Crippen LogP contribution is 2.24. The number of carboxylic acid groups (broad SMARTS) is 1. The first-order valence-electron chi connectivity index (χ1n) is 5.95. The van der Waals surface area contributed by atoms with E-state index in [0.29, 0.717) is 23.1 Å². The molecule has 2 N–H and O–H groups in total. The fourth-order valence-corrected chi connectivity index (χ4v) is 2.09. The van der Waals surface area contributed by atoms with Gasteiger partial charge in [0.1, 0.15) is 5.75 Å². The average Bonchev–Trinajstić information content (AvgIpc) is 2.39. The summed E-state index contributed by atoms with van der Waals surface area (Å²) in [7, 11) is 0. The molecule has 0 atom stereocenters. The van der Waals surface area contributed by atoms with Crippen LogP contribution in [0.15, 0.2) is 18.2 Å². The van der Waals surface area contributed by atoms with Crippen molar-refractivity contribution >= 4 is 35.2 Å². The average molecular weight is 318 g/mol. The topological polar surface area (TPSA) is 75.6 Å². The fraction of sp³-hybridized carbons (Fsp3) is 0.385. The number of carboxylic acids is 1. The number of halogens is 1. The summed E-state index contributed by atoms with van der Waals surface area (Å²) >= 11 is 7.19. The molecule has 5 nitrogen and oxygen atoms in total. The number of hydrogen-bond acceptors (Lipinski definition) is 4. The summed E-state index contributed by atoms with van der Waals surface area (Å²) in [6.45, 7) is 2.14. The second-order valence-corrected chi connectivity index (χ2v) is 5.46. The van der Waals surface area contributed by atoms with E-state index in [1.54, 1.807) is 18.2 Å². The van der Waals surface area contributed by atoms with Crippen molar-refractivity contribution in [3.05, 3.63) is 28.8 Å². The molecular formula is C13H16ClNO4S. The van der Waals surface area contributed by atoms with E-state index in [1.165, 1.54) is 11.8 Å². The van der Waals surface area contributed by atoms with E-state index < -0.39 is 5.97 Å². The zero-order valence-electron chi connectivity index (χ0n) is 11.0. The SMILES string of the molecule is Cc1c(Cl)cccc1OCC(=O)NCCSCC(=O)O. The largest absolute Gasteiger partial charge is 0.483 e. The summed E-state index contributed by atoms with van der Waals surface area (Å²) < 4.78 is 5.38. The molecule has 20 heavy (non-hydrogen) atoms. The number of amides is 1. The Morgan fingerprint density at radius 2 is 2.20 bits per heavy atom. The smallest absolute Gasteiger partial charge is 0.313 e. The Hall–Kier alpha value is -1.40. The summed E-state index contributed by atoms with van der Waals surface area (Å²) in [5, 5.41) is 11.7. The van der Waals surface area contributed by atoms with Gasteiger partial charge >= 0.3 is 5.97 Å². The molecule has 0 saturated carbocycles. The predicted octanol–water partition coefficient (Wildman–Crippen LogP) is 1.96. The van der Waals surface area contributed by atoms with Gasteiger partial charge in [0.15, 0.2) is 6.61 Å². The van der Waals surface area contributed by atoms with Gasteiger partial charge in [-0.1, -0.05) is 17.7 Å². The normalized spacial score (nSPS) is 10.1. The number of rotatable bonds is 8. The van der Waals surface area contributed by atoms with Crippen molar-refractivity contribution in [1.82, 2.24) is 5.32 Å². The first-order valence-corrected chi connectivity index (χ1v) is 7.48. The van der Waals surface area contributed by atoms with Crippen LogP contribution in [-0.4, -0.2) is 41.6 Å². The summed E-state index contributed by atoms with van der Waals surface area (Å²) in [6, 6.07) is 5.26. The zero-order valence-corrected chi connectivity index (χ0v) is 12.6. The predicted molar refractivity (Wildman–Crippen MR) is 79.7 cm³/mol. The Kier molecular flexibility index (Phi) is 7.25. The molecule has 0 radical (unpaired) electrons. The molecule has 0 spiro atoms. The number of thioether (sulfide) groups is 1. The van der Waals surface area contributed by atoms with E-state index >= 15 is 0 Å². The van der Waals surface area contributed by atoms with Crippen LogP contribution in [0.4, 0.5) is 0 Å². The van der Waals surface area contributed by atoms with Crippen molar-refractivity contribution in [2.75, 3.05) is 24.7 Å². The Balaban J connectivity index is 2.23. The molecule has 0 aliphatic rings. The van der Waals surface area contributed by atoms with Crippen LogP contribution in [-0.2, 0) is 9.59 Å². The minimum Gasteiger partial charge on any atom is -0.483 e. The highest BCUT2D eigenvalue weighted by molar-refractivity contribution is 7.99. The van der Waals surface area contributed by atoms with Gasteiger partial charge in [-0.3, -0.25) is 9.59 Å². The Bertz CT molecular complexity index is 481. The summed E-state index contributed by atoms with van der Waals surface area (Å²) in [5.41, 5.74) is 0.791. The van der Waals surface area contributed by atoms with Gasteiger partial charge in [-0.15, -0.1) is 11.8 Å². The Morgan fingerprint density at radius 1 is 1.45 bits per heavy atom. The molecule has 1 rings (SSSR count). The fourth-order valence-electron chi connectivity index (χ4n) is 1.36. The van der Waals surface area contributed by atoms with Crippen molar-refractivity contribution in [2.45, 2.75) is 6.92 Å². The minimum atomic E-state index is -0.860. The molecule has 0 bridgehead atoms. The van der Waals surface area contributed by atoms with Crippen molar-refractivity contribution < 1.29 is 19.4 Å². The molecule has 0 fully saturated rings. The molecule has 1 amide bonds. The number of carbonyl (C=O) groups is 2. The summed E-state index contributed by atoms with van der Waals surface area (Å²) in [6.07, 6.45) is 0. The standard InChI is InChI=1S/C13H16ClNO4S/c1-9-10(14)3-2-4-11(9)19-7-12(16)15-5-6-20-8-13(17)18/h2-4H,5-8H2,1H3,(H,15,16)(H,17,18). The van der Waals surface area contributed by atoms with Gasteiger partial charge in [0.05, 0.1) is 5.75 Å². The van der Waals surface area contributed by atoms with Crippen LogP contribution < -0.4 is 10.1 Å². The van der Waals surface area contributed by atoms with Crippen molar-refractivity contribution in [3.63, 3.8) is 0 Å². The van der Waals surface area contributed by atoms with E-state index in [-0.39, 0.29) is 18.3 Å². The van der Waals surface area contributed by atoms with Gasteiger partial charge in [0.25, 0.3) is 5.91 Å². The van der Waals surface area contributed by atoms with Crippen LogP contribution in [0.2, 0.25) is 5.02 Å². The van der Waals surface area contributed by atoms with Gasteiger partial charge in [-0.25, -0.2) is 0 Å². The van der Waals surface area contributed by atoms with Crippen molar-refractivity contribution in [3.8, 4) is 5.75 Å². The first kappa shape index (κ1) is 16.7. The zero-order chi connectivity index (χ0) is 15.0. The van der Waals surface area contributed by atoms with Crippen LogP contribution in [0.25, 0.3) is 0 Å². The van der Waals surface area contributed by atoms with E-state index in [1.807, 2.05) is 6.92 Å². The molecule has 1 aromatic carbocycles. The molecule has 0 unspecified atom stereocenters. The Morgan fingerprint density at radius 3 is 2.90 bits per heavy atom. The van der Waals surface area contributed by atoms with Crippen molar-refractivity contribution in [2.24, 2.45) is 0 Å². The van der Waals surface area contributed by atoms with E-state index in [9.17, 15) is 9.59 Å². The van der Waals surface area contributed by atoms with Crippen molar-refractivity contribution in [1.29, 1.82) is 0 Å². The lowest BCUT2D eigenvalue weighted by atomic mass is 10.2. The van der Waals surface area contributed by atoms with Gasteiger partial charge in [-0.2, -0.15) is 0 Å². The highest BCUT2D eigenvalue weighted by atomic mass is 35.5. The van der Waals surface area contributed by atoms with Crippen LogP contribution in [0.1, 0.15) is 5.56 Å². The maximum Gasteiger partial charge on any atom is 0.313 e. The lowest BCUT2D eigenvalue weighted by Gasteiger charge is -2.10. The van der Waals surface area contributed by atoms with E-state index in [2.05, 4.69) is 5.32 Å². The first-order chi connectivity index (χ1) is 9.50. The van der Waals surface area contributed by atoms with Crippen LogP contribution >= 0.6 is 23.4 Å². The number of carbonyl (C=O) groups excluding carboxylic acids is 1. The summed E-state index contributed by atoms with van der Waals surface area (Å²) in [5.74, 6) is 0.0526. The third-order valence-electron chi connectivity index (χ3n) is 2.37. The molecule has 0 heterocycles. The molecular weight excluding hydrogens is 302 g/mol. The molecule has 7 heteroatoms. The molecule has 0 aliphatic heterocycles. The minimum absolute atomic E-state index is 0.0358. The second-order valence-electron chi connectivity index (χ2n) is 3.95. The quantitative estimate of drug-likeness (QED) is 0.717. The molecule has 0 saturated heterocycles. The molecule has 110 valence electrons. The second kappa shape index (κ2) is 8.71. The molecule has 1 aromatic rings. The maximum absolute atomic E-state index is 11.5. The van der Waals surface area contributed by atoms with Gasteiger partial charge in [0.2, 0.25) is 0 Å². The van der Waals surface area contributed by atoms with E-state index in [0.717, 1.165) is 5.56 Å². The lowest BCUT2D eigenvalue weighted by molar-refractivity contribution is -0.133. The lowest BCUT2D eigenvalue weighted by Crippen LogP contribution is -2.30. The Labute approximate surface area is 126 Å². The molecule has 0 aliphatic carbocycles. The number of benzene rings is 1. The number of hydrogen-bond donors (Lipinski definition) is 2. The monoisotopic (exact) mass is 317 g/mol. The van der Waals surface area contributed by atoms with E-state index in [4.69, 9.17) is 21.4 Å². The summed E-state index contributed by atoms with van der Waals surface area (Å²) in [4.78, 5) is 21.8. The van der Waals surface area contributed by atoms with Crippen LogP contribution in [0, 0.1) is 6.92 Å². The van der Waals surface area contributed by atoms with Crippen LogP contribution in [0.5, 0.6) is 5.75 Å². The van der Waals surface area contributed by atoms with Gasteiger partial charge < -0.3 is 15.2 Å². The third-order valence-corrected chi connectivity index (χ3v) is 3.72. The number of nitrogens with one attached hydrogen (secondary N) is 1. The van der Waals surface area contributed by atoms with Crippen LogP contribution in [0.3, 0.4) is 0 Å². The van der Waals surface area contributed by atoms with Gasteiger partial charge in [0, 0.05) is 22.9 Å². The molecule has 0 aromatic heterocycles. The highest BCUT2D eigenvalue weighted by Gasteiger charge is 2.06.